The van der Waals surface area contributed by atoms with Gasteiger partial charge < -0.3 is 40.1 Å². The lowest BCUT2D eigenvalue weighted by Crippen LogP contribution is -2.60. The van der Waals surface area contributed by atoms with E-state index in [1.165, 1.54) is 26.0 Å². The van der Waals surface area contributed by atoms with E-state index in [1.807, 2.05) is 58.0 Å². The number of carbonyl (C=O) groups excluding carboxylic acids is 5. The fourth-order valence-corrected chi connectivity index (χ4v) is 7.95. The lowest BCUT2D eigenvalue weighted by atomic mass is 9.89. The number of amides is 4. The molecule has 0 spiro atoms. The average Bonchev–Trinajstić information content (AvgIpc) is 3.62. The predicted molar refractivity (Wildman–Crippen MR) is 222 cm³/mol. The number of carbonyl (C=O) groups is 5. The maximum Gasteiger partial charge on any atom is 0.329 e. The molecule has 57 heavy (non-hydrogen) atoms. The van der Waals surface area contributed by atoms with Gasteiger partial charge in [-0.25, -0.2) is 4.79 Å². The highest BCUT2D eigenvalue weighted by Gasteiger charge is 2.43. The van der Waals surface area contributed by atoms with Crippen molar-refractivity contribution in [1.82, 2.24) is 25.3 Å². The van der Waals surface area contributed by atoms with Gasteiger partial charge in [0.25, 0.3) is 5.91 Å². The second-order valence-electron chi connectivity index (χ2n) is 17.2. The Morgan fingerprint density at radius 2 is 1.56 bits per heavy atom. The Bertz CT molecular complexity index is 1490. The van der Waals surface area contributed by atoms with Crippen LogP contribution in [0.25, 0.3) is 0 Å². The van der Waals surface area contributed by atoms with Crippen LogP contribution in [0.2, 0.25) is 0 Å². The third-order valence-corrected chi connectivity index (χ3v) is 11.0. The topological polar surface area (TPSA) is 171 Å². The van der Waals surface area contributed by atoms with Gasteiger partial charge in [0.15, 0.2) is 0 Å². The summed E-state index contributed by atoms with van der Waals surface area (Å²) in [5, 5.41) is 14.2. The van der Waals surface area contributed by atoms with Crippen molar-refractivity contribution < 1.29 is 38.2 Å². The van der Waals surface area contributed by atoms with E-state index in [0.717, 1.165) is 5.56 Å². The number of nitrogens with one attached hydrogen (secondary N) is 3. The van der Waals surface area contributed by atoms with Crippen LogP contribution < -0.4 is 10.6 Å². The smallest absolute Gasteiger partial charge is 0.329 e. The first-order valence-corrected chi connectivity index (χ1v) is 20.3. The lowest BCUT2D eigenvalue weighted by molar-refractivity contribution is -0.159. The summed E-state index contributed by atoms with van der Waals surface area (Å²) in [6, 6.07) is 5.78. The summed E-state index contributed by atoms with van der Waals surface area (Å²) in [4.78, 5) is 74.0. The summed E-state index contributed by atoms with van der Waals surface area (Å²) in [5.74, 6) is -2.83. The minimum Gasteiger partial charge on any atom is -0.458 e. The molecule has 1 heterocycles. The quantitative estimate of drug-likeness (QED) is 0.123. The Labute approximate surface area is 341 Å². The molecule has 14 nitrogen and oxygen atoms in total. The van der Waals surface area contributed by atoms with Crippen molar-refractivity contribution in [1.29, 1.82) is 5.41 Å². The summed E-state index contributed by atoms with van der Waals surface area (Å²) in [7, 11) is 8.26. The fraction of sp³-hybridized carbons (Fsp3) is 0.721. The largest absolute Gasteiger partial charge is 0.458 e. The minimum atomic E-state index is -1.19. The van der Waals surface area contributed by atoms with Crippen LogP contribution in [0.3, 0.4) is 0 Å². The van der Waals surface area contributed by atoms with Gasteiger partial charge in [0.2, 0.25) is 17.7 Å². The van der Waals surface area contributed by atoms with Crippen molar-refractivity contribution in [2.75, 3.05) is 41.9 Å². The van der Waals surface area contributed by atoms with Gasteiger partial charge in [-0.05, 0) is 72.0 Å². The fourth-order valence-electron chi connectivity index (χ4n) is 7.95. The second-order valence-corrected chi connectivity index (χ2v) is 17.2. The highest BCUT2D eigenvalue weighted by Crippen LogP contribution is 2.30. The van der Waals surface area contributed by atoms with E-state index in [-0.39, 0.29) is 42.2 Å². The first-order valence-electron chi connectivity index (χ1n) is 20.3. The Kier molecular flexibility index (Phi) is 19.3. The van der Waals surface area contributed by atoms with Crippen LogP contribution >= 0.6 is 0 Å². The molecule has 2 rings (SSSR count). The minimum absolute atomic E-state index is 0.00411. The summed E-state index contributed by atoms with van der Waals surface area (Å²) in [6.45, 7) is 16.8. The van der Waals surface area contributed by atoms with Gasteiger partial charge in [0.1, 0.15) is 17.7 Å². The maximum absolute atomic E-state index is 14.3. The average molecular weight is 801 g/mol. The molecule has 14 heteroatoms. The van der Waals surface area contributed by atoms with Gasteiger partial charge in [-0.2, -0.15) is 0 Å². The highest BCUT2D eigenvalue weighted by molar-refractivity contribution is 6.08. The number of esters is 1. The number of rotatable bonds is 21. The molecular formula is C43H72N6O8. The van der Waals surface area contributed by atoms with Crippen molar-refractivity contribution in [3.63, 3.8) is 0 Å². The van der Waals surface area contributed by atoms with E-state index < -0.39 is 71.7 Å². The van der Waals surface area contributed by atoms with Crippen LogP contribution in [0.1, 0.15) is 93.6 Å². The summed E-state index contributed by atoms with van der Waals surface area (Å²) < 4.78 is 17.6. The molecule has 322 valence electrons. The molecular weight excluding hydrogens is 729 g/mol. The van der Waals surface area contributed by atoms with Gasteiger partial charge in [-0.3, -0.25) is 24.1 Å². The van der Waals surface area contributed by atoms with Crippen LogP contribution in [0.4, 0.5) is 0 Å². The van der Waals surface area contributed by atoms with Crippen LogP contribution in [-0.2, 0) is 44.6 Å². The van der Waals surface area contributed by atoms with Crippen LogP contribution in [0.5, 0.6) is 0 Å². The molecule has 0 unspecified atom stereocenters. The molecule has 0 saturated carbocycles. The molecule has 9 atom stereocenters. The number of benzene rings is 1. The number of hydrogen-bond donors (Lipinski definition) is 3. The molecule has 1 aromatic carbocycles. The van der Waals surface area contributed by atoms with E-state index in [0.29, 0.717) is 25.8 Å². The first kappa shape index (κ1) is 49.3. The van der Waals surface area contributed by atoms with Gasteiger partial charge in [-0.1, -0.05) is 71.4 Å². The normalized spacial score (nSPS) is 18.8. The predicted octanol–water partition coefficient (Wildman–Crippen LogP) is 4.09. The molecule has 0 aliphatic carbocycles. The number of hydrogen-bond acceptors (Lipinski definition) is 10. The Balaban J connectivity index is 2.32. The zero-order valence-electron chi connectivity index (χ0n) is 37.0. The third-order valence-electron chi connectivity index (χ3n) is 11.0. The summed E-state index contributed by atoms with van der Waals surface area (Å²) >= 11 is 0. The summed E-state index contributed by atoms with van der Waals surface area (Å²) in [6.07, 6.45) is 0.778. The van der Waals surface area contributed by atoms with Gasteiger partial charge >= 0.3 is 5.97 Å². The highest BCUT2D eigenvalue weighted by atomic mass is 16.6. The number of methoxy groups -OCH3 is 2. The van der Waals surface area contributed by atoms with Crippen LogP contribution in [0, 0.1) is 23.2 Å². The third kappa shape index (κ3) is 13.9. The van der Waals surface area contributed by atoms with E-state index in [4.69, 9.17) is 19.6 Å². The van der Waals surface area contributed by atoms with Crippen molar-refractivity contribution in [2.24, 2.45) is 17.8 Å². The SMILES string of the molecule is CC[C@H](C)[C@@H]([C@@H](CC(=O)N1CCC[C@H]1[C@H](OC)[C@@H](C)C(=O)N[C@@H](Cc1ccccc1)C(=O)OC(C)(C)C)OC)N(C)C(=O)[C@@H](NC(=O)[C@H](C(C)C)N(C)C)C(C)=N. The lowest BCUT2D eigenvalue weighted by Gasteiger charge is -2.40. The number of ether oxygens (including phenoxy) is 3. The zero-order chi connectivity index (χ0) is 43.4. The van der Waals surface area contributed by atoms with Crippen LogP contribution in [0.15, 0.2) is 30.3 Å². The Hall–Kier alpha value is -3.88. The second kappa shape index (κ2) is 22.3. The first-order chi connectivity index (χ1) is 26.6. The maximum atomic E-state index is 14.3. The van der Waals surface area contributed by atoms with Crippen molar-refractivity contribution in [3.05, 3.63) is 35.9 Å². The van der Waals surface area contributed by atoms with E-state index in [1.54, 1.807) is 58.6 Å². The number of nitrogens with zero attached hydrogens (tertiary/aromatic N) is 3. The summed E-state index contributed by atoms with van der Waals surface area (Å²) in [5.41, 5.74) is 0.110. The molecule has 0 aromatic heterocycles. The molecule has 1 aliphatic rings. The molecule has 4 amide bonds. The Morgan fingerprint density at radius 1 is 0.947 bits per heavy atom. The molecule has 3 N–H and O–H groups in total. The van der Waals surface area contributed by atoms with Gasteiger partial charge in [0, 0.05) is 39.9 Å². The number of likely N-dealkylation sites (N-methyl/N-ethyl adjacent to an activating group) is 2. The van der Waals surface area contributed by atoms with Crippen LogP contribution in [-0.4, -0.2) is 140 Å². The zero-order valence-corrected chi connectivity index (χ0v) is 37.0. The van der Waals surface area contributed by atoms with E-state index in [9.17, 15) is 24.0 Å². The molecule has 1 aromatic rings. The standard InChI is InChI=1S/C43H72N6O8/c1-15-27(4)37(48(12)41(53)35(29(6)44)46-40(52)36(26(2)3)47(10)11)33(55-13)25-34(50)49-23-19-22-32(49)38(56-14)28(5)39(51)45-31(42(54)57-43(7,8)9)24-30-20-17-16-18-21-30/h16-18,20-21,26-28,31-33,35-38,44H,15,19,22-25H2,1-14H3,(H,45,51)(H,46,52)/t27-,28+,31-,32-,33+,35-,36-,37-,38+/m0/s1. The van der Waals surface area contributed by atoms with Gasteiger partial charge in [-0.15, -0.1) is 0 Å². The number of likely N-dealkylation sites (tertiary alicyclic amines) is 1. The molecule has 0 bridgehead atoms. The Morgan fingerprint density at radius 3 is 2.05 bits per heavy atom. The van der Waals surface area contributed by atoms with E-state index in [2.05, 4.69) is 10.6 Å². The molecule has 1 aliphatic heterocycles. The van der Waals surface area contributed by atoms with Gasteiger partial charge in [0.05, 0.1) is 42.7 Å². The van der Waals surface area contributed by atoms with Crippen molar-refractivity contribution >= 4 is 35.3 Å². The molecule has 0 radical (unpaired) electrons. The molecule has 1 saturated heterocycles. The monoisotopic (exact) mass is 801 g/mol. The van der Waals surface area contributed by atoms with E-state index >= 15 is 0 Å². The van der Waals surface area contributed by atoms with Crippen molar-refractivity contribution in [3.8, 4) is 0 Å². The van der Waals surface area contributed by atoms with Crippen molar-refractivity contribution in [2.45, 2.75) is 142 Å². The molecule has 1 fully saturated rings.